The van der Waals surface area contributed by atoms with Gasteiger partial charge < -0.3 is 19.7 Å². The van der Waals surface area contributed by atoms with E-state index in [0.717, 1.165) is 19.3 Å². The quantitative estimate of drug-likeness (QED) is 0.693. The molecule has 0 aliphatic carbocycles. The van der Waals surface area contributed by atoms with E-state index >= 15 is 0 Å². The third kappa shape index (κ3) is 4.25. The molecule has 0 fully saturated rings. The summed E-state index contributed by atoms with van der Waals surface area (Å²) < 4.78 is 10.4. The van der Waals surface area contributed by atoms with Gasteiger partial charge >= 0.3 is 5.97 Å². The zero-order valence-corrected chi connectivity index (χ0v) is 10.4. The maximum absolute atomic E-state index is 11.1. The predicted molar refractivity (Wildman–Crippen MR) is 66.4 cm³/mol. The summed E-state index contributed by atoms with van der Waals surface area (Å²) in [6.45, 7) is 0.607. The van der Waals surface area contributed by atoms with Crippen LogP contribution in [0.5, 0.6) is 11.5 Å². The molecule has 0 atom stereocenters. The topological polar surface area (TPSA) is 76.0 Å². The van der Waals surface area contributed by atoms with Gasteiger partial charge in [0.05, 0.1) is 13.7 Å². The number of carbonyl (C=O) groups is 1. The van der Waals surface area contributed by atoms with E-state index in [1.165, 1.54) is 13.2 Å². The highest BCUT2D eigenvalue weighted by Gasteiger charge is 2.12. The molecule has 1 rings (SSSR count). The molecule has 100 valence electrons. The summed E-state index contributed by atoms with van der Waals surface area (Å²) in [5.74, 6) is -0.216. The van der Waals surface area contributed by atoms with Crippen molar-refractivity contribution in [3.8, 4) is 11.5 Å². The van der Waals surface area contributed by atoms with Crippen molar-refractivity contribution in [1.82, 2.24) is 0 Å². The molecule has 5 heteroatoms. The van der Waals surface area contributed by atoms with Crippen molar-refractivity contribution in [2.24, 2.45) is 0 Å². The van der Waals surface area contributed by atoms with Crippen molar-refractivity contribution < 1.29 is 24.5 Å². The number of carboxylic acid groups (broad SMARTS) is 1. The Hall–Kier alpha value is -1.75. The summed E-state index contributed by atoms with van der Waals surface area (Å²) in [4.78, 5) is 11.1. The number of hydrogen-bond acceptors (Lipinski definition) is 4. The van der Waals surface area contributed by atoms with Gasteiger partial charge in [-0.3, -0.25) is 0 Å². The number of aliphatic hydroxyl groups excluding tert-OH is 1. The molecule has 2 N–H and O–H groups in total. The standard InChI is InChI=1S/C13H18O5/c1-17-10-5-6-12(11(9-10)13(15)16)18-8-4-2-3-7-14/h5-6,9,14H,2-4,7-8H2,1H3,(H,15,16). The van der Waals surface area contributed by atoms with Gasteiger partial charge in [-0.1, -0.05) is 0 Å². The van der Waals surface area contributed by atoms with Gasteiger partial charge in [-0.15, -0.1) is 0 Å². The largest absolute Gasteiger partial charge is 0.497 e. The minimum Gasteiger partial charge on any atom is -0.497 e. The monoisotopic (exact) mass is 254 g/mol. The van der Waals surface area contributed by atoms with Gasteiger partial charge in [-0.25, -0.2) is 4.79 Å². The van der Waals surface area contributed by atoms with Crippen molar-refractivity contribution in [3.05, 3.63) is 23.8 Å². The Morgan fingerprint density at radius 3 is 2.67 bits per heavy atom. The average molecular weight is 254 g/mol. The number of rotatable bonds is 8. The van der Waals surface area contributed by atoms with Crippen molar-refractivity contribution >= 4 is 5.97 Å². The molecule has 5 nitrogen and oxygen atoms in total. The summed E-state index contributed by atoms with van der Waals surface area (Å²) in [7, 11) is 1.48. The Bertz CT molecular complexity index is 389. The zero-order chi connectivity index (χ0) is 13.4. The molecule has 0 radical (unpaired) electrons. The van der Waals surface area contributed by atoms with E-state index in [4.69, 9.17) is 19.7 Å². The van der Waals surface area contributed by atoms with Crippen molar-refractivity contribution in [2.75, 3.05) is 20.3 Å². The van der Waals surface area contributed by atoms with Gasteiger partial charge in [-0.05, 0) is 37.5 Å². The van der Waals surface area contributed by atoms with Gasteiger partial charge in [0.25, 0.3) is 0 Å². The average Bonchev–Trinajstić information content (AvgIpc) is 2.38. The molecule has 0 saturated heterocycles. The maximum Gasteiger partial charge on any atom is 0.339 e. The Morgan fingerprint density at radius 2 is 2.06 bits per heavy atom. The molecular formula is C13H18O5. The lowest BCUT2D eigenvalue weighted by Gasteiger charge is -2.10. The minimum atomic E-state index is -1.04. The summed E-state index contributed by atoms with van der Waals surface area (Å²) in [5.41, 5.74) is 0.0940. The molecule has 0 aromatic heterocycles. The number of aromatic carboxylic acids is 1. The third-order valence-corrected chi connectivity index (χ3v) is 2.48. The van der Waals surface area contributed by atoms with Crippen LogP contribution in [0.15, 0.2) is 18.2 Å². The van der Waals surface area contributed by atoms with Crippen LogP contribution in [0, 0.1) is 0 Å². The molecule has 1 aromatic carbocycles. The van der Waals surface area contributed by atoms with Crippen molar-refractivity contribution in [3.63, 3.8) is 0 Å². The molecule has 0 aliphatic heterocycles. The zero-order valence-electron chi connectivity index (χ0n) is 10.4. The number of benzene rings is 1. The fourth-order valence-corrected chi connectivity index (χ4v) is 1.50. The third-order valence-electron chi connectivity index (χ3n) is 2.48. The number of hydrogen-bond donors (Lipinski definition) is 2. The molecule has 0 saturated carbocycles. The van der Waals surface area contributed by atoms with Crippen molar-refractivity contribution in [1.29, 1.82) is 0 Å². The number of carboxylic acids is 1. The Kier molecular flexibility index (Phi) is 6.00. The molecule has 0 heterocycles. The smallest absolute Gasteiger partial charge is 0.339 e. The minimum absolute atomic E-state index is 0.0940. The second-order valence-corrected chi connectivity index (χ2v) is 3.80. The molecule has 0 amide bonds. The Morgan fingerprint density at radius 1 is 1.28 bits per heavy atom. The normalized spacial score (nSPS) is 10.1. The van der Waals surface area contributed by atoms with Crippen LogP contribution < -0.4 is 9.47 Å². The second kappa shape index (κ2) is 7.55. The molecular weight excluding hydrogens is 236 g/mol. The summed E-state index contributed by atoms with van der Waals surface area (Å²) in [6.07, 6.45) is 2.37. The highest BCUT2D eigenvalue weighted by atomic mass is 16.5. The Labute approximate surface area is 106 Å². The summed E-state index contributed by atoms with van der Waals surface area (Å²) in [5, 5.41) is 17.7. The lowest BCUT2D eigenvalue weighted by Crippen LogP contribution is -2.05. The lowest BCUT2D eigenvalue weighted by atomic mass is 10.2. The molecule has 0 aliphatic rings. The molecule has 0 spiro atoms. The van der Waals surface area contributed by atoms with Crippen molar-refractivity contribution in [2.45, 2.75) is 19.3 Å². The number of unbranched alkanes of at least 4 members (excludes halogenated alkanes) is 2. The van der Waals surface area contributed by atoms with Crippen LogP contribution in [0.2, 0.25) is 0 Å². The maximum atomic E-state index is 11.1. The fourth-order valence-electron chi connectivity index (χ4n) is 1.50. The summed E-state index contributed by atoms with van der Waals surface area (Å²) in [6, 6.07) is 4.69. The van der Waals surface area contributed by atoms with Crippen LogP contribution in [0.4, 0.5) is 0 Å². The first-order valence-electron chi connectivity index (χ1n) is 5.84. The molecule has 0 bridgehead atoms. The first-order chi connectivity index (χ1) is 8.69. The predicted octanol–water partition coefficient (Wildman–Crippen LogP) is 1.93. The van der Waals surface area contributed by atoms with Crippen LogP contribution in [0.25, 0.3) is 0 Å². The lowest BCUT2D eigenvalue weighted by molar-refractivity contribution is 0.0691. The first-order valence-corrected chi connectivity index (χ1v) is 5.84. The van der Waals surface area contributed by atoms with Crippen LogP contribution >= 0.6 is 0 Å². The Balaban J connectivity index is 2.61. The van der Waals surface area contributed by atoms with Gasteiger partial charge in [0.2, 0.25) is 0 Å². The molecule has 1 aromatic rings. The van der Waals surface area contributed by atoms with Gasteiger partial charge in [0.15, 0.2) is 0 Å². The van der Waals surface area contributed by atoms with Crippen LogP contribution in [-0.4, -0.2) is 36.5 Å². The number of methoxy groups -OCH3 is 1. The fraction of sp³-hybridized carbons (Fsp3) is 0.462. The van der Waals surface area contributed by atoms with E-state index < -0.39 is 5.97 Å². The van der Waals surface area contributed by atoms with Crippen LogP contribution in [0.1, 0.15) is 29.6 Å². The van der Waals surface area contributed by atoms with E-state index in [2.05, 4.69) is 0 Å². The van der Waals surface area contributed by atoms with E-state index in [1.54, 1.807) is 12.1 Å². The second-order valence-electron chi connectivity index (χ2n) is 3.80. The van der Waals surface area contributed by atoms with Gasteiger partial charge in [0, 0.05) is 6.61 Å². The van der Waals surface area contributed by atoms with Gasteiger partial charge in [-0.2, -0.15) is 0 Å². The SMILES string of the molecule is COc1ccc(OCCCCCO)c(C(=O)O)c1. The molecule has 18 heavy (non-hydrogen) atoms. The summed E-state index contributed by atoms with van der Waals surface area (Å²) >= 11 is 0. The number of aliphatic hydroxyl groups is 1. The first kappa shape index (κ1) is 14.3. The van der Waals surface area contributed by atoms with Gasteiger partial charge in [0.1, 0.15) is 17.1 Å². The highest BCUT2D eigenvalue weighted by molar-refractivity contribution is 5.91. The van der Waals surface area contributed by atoms with E-state index in [0.29, 0.717) is 18.1 Å². The van der Waals surface area contributed by atoms with E-state index in [1.807, 2.05) is 0 Å². The van der Waals surface area contributed by atoms with E-state index in [9.17, 15) is 4.79 Å². The van der Waals surface area contributed by atoms with E-state index in [-0.39, 0.29) is 12.2 Å². The van der Waals surface area contributed by atoms with Crippen LogP contribution in [-0.2, 0) is 0 Å². The molecule has 0 unspecified atom stereocenters. The highest BCUT2D eigenvalue weighted by Crippen LogP contribution is 2.24. The van der Waals surface area contributed by atoms with Crippen LogP contribution in [0.3, 0.4) is 0 Å². The number of ether oxygens (including phenoxy) is 2.